The molecule has 5 heteroatoms. The number of hydrogen-bond acceptors (Lipinski definition) is 4. The van der Waals surface area contributed by atoms with Crippen molar-refractivity contribution < 1.29 is 23.7 Å². The highest BCUT2D eigenvalue weighted by Gasteiger charge is 2.23. The Bertz CT molecular complexity index is 1280. The van der Waals surface area contributed by atoms with E-state index in [1.807, 2.05) is 30.3 Å². The van der Waals surface area contributed by atoms with Crippen molar-refractivity contribution in [1.82, 2.24) is 0 Å². The predicted octanol–water partition coefficient (Wildman–Crippen LogP) is 9.36. The van der Waals surface area contributed by atoms with E-state index in [4.69, 9.17) is 9.62 Å². The third kappa shape index (κ3) is 8.85. The molecule has 41 heavy (non-hydrogen) atoms. The number of halogens is 1. The molecule has 1 fully saturated rings. The molecule has 0 aromatic heterocycles. The van der Waals surface area contributed by atoms with Crippen LogP contribution in [0.3, 0.4) is 0 Å². The van der Waals surface area contributed by atoms with Gasteiger partial charge in [-0.05, 0) is 89.5 Å². The number of carbonyl (C=O) groups excluding carboxylic acids is 1. The molecule has 4 rings (SSSR count). The highest BCUT2D eigenvalue weighted by atomic mass is 19.1. The second-order valence-corrected chi connectivity index (χ2v) is 11.2. The molecular formula is C36H43FO4. The summed E-state index contributed by atoms with van der Waals surface area (Å²) in [6, 6.07) is 20.1. The number of unbranched alkanes of at least 4 members (excludes halogenated alkanes) is 2. The molecule has 0 atom stereocenters. The van der Waals surface area contributed by atoms with E-state index in [0.717, 1.165) is 45.4 Å². The van der Waals surface area contributed by atoms with Crippen molar-refractivity contribution in [2.45, 2.75) is 77.2 Å². The van der Waals surface area contributed by atoms with Crippen LogP contribution < -0.4 is 0 Å². The van der Waals surface area contributed by atoms with Crippen LogP contribution in [0.5, 0.6) is 0 Å². The Balaban J connectivity index is 1.42. The fourth-order valence-corrected chi connectivity index (χ4v) is 5.95. The molecule has 0 aliphatic heterocycles. The zero-order valence-electron chi connectivity index (χ0n) is 24.5. The Labute approximate surface area is 244 Å². The molecule has 0 N–H and O–H groups in total. The maximum atomic E-state index is 15.3. The van der Waals surface area contributed by atoms with E-state index in [0.29, 0.717) is 24.5 Å². The van der Waals surface area contributed by atoms with Gasteiger partial charge in [0.2, 0.25) is 0 Å². The van der Waals surface area contributed by atoms with Gasteiger partial charge in [0.05, 0.1) is 13.2 Å². The Morgan fingerprint density at radius 1 is 0.927 bits per heavy atom. The van der Waals surface area contributed by atoms with Gasteiger partial charge in [0.25, 0.3) is 0 Å². The van der Waals surface area contributed by atoms with Crippen LogP contribution in [-0.2, 0) is 32.3 Å². The molecule has 1 aliphatic rings. The number of rotatable bonds is 14. The molecule has 0 saturated heterocycles. The molecule has 1 saturated carbocycles. The van der Waals surface area contributed by atoms with Crippen LogP contribution in [0.1, 0.15) is 80.9 Å². The van der Waals surface area contributed by atoms with Crippen LogP contribution in [0.25, 0.3) is 22.3 Å². The quantitative estimate of drug-likeness (QED) is 0.0856. The molecule has 1 aliphatic carbocycles. The van der Waals surface area contributed by atoms with Crippen LogP contribution in [-0.4, -0.2) is 19.7 Å². The minimum atomic E-state index is -0.620. The fraction of sp³-hybridized carbons (Fsp3) is 0.417. The van der Waals surface area contributed by atoms with Gasteiger partial charge in [0, 0.05) is 18.7 Å². The Morgan fingerprint density at radius 2 is 1.66 bits per heavy atom. The minimum absolute atomic E-state index is 0.151. The smallest absolute Gasteiger partial charge is 0.365 e. The molecule has 3 aromatic carbocycles. The van der Waals surface area contributed by atoms with Gasteiger partial charge in [-0.15, -0.1) is 0 Å². The molecule has 0 heterocycles. The first-order chi connectivity index (χ1) is 20.0. The second-order valence-electron chi connectivity index (χ2n) is 11.2. The molecule has 0 radical (unpaired) electrons. The SMILES string of the molecule is C=CC(=O)OOCCc1cc(COC)cc(-c2ccc(-c3ccc(C4CCC(CCCCC)CC4)cc3F)cc2)c1. The third-order valence-corrected chi connectivity index (χ3v) is 8.20. The Kier molecular flexibility index (Phi) is 11.7. The van der Waals surface area contributed by atoms with Crippen molar-refractivity contribution in [3.8, 4) is 22.3 Å². The maximum absolute atomic E-state index is 15.3. The molecule has 0 spiro atoms. The van der Waals surface area contributed by atoms with Crippen LogP contribution in [0.2, 0.25) is 0 Å². The summed E-state index contributed by atoms with van der Waals surface area (Å²) in [5.41, 5.74) is 6.76. The summed E-state index contributed by atoms with van der Waals surface area (Å²) in [4.78, 5) is 20.8. The third-order valence-electron chi connectivity index (χ3n) is 8.20. The molecule has 0 unspecified atom stereocenters. The van der Waals surface area contributed by atoms with E-state index >= 15 is 4.39 Å². The number of ether oxygens (including phenoxy) is 1. The summed E-state index contributed by atoms with van der Waals surface area (Å²) in [6.07, 6.45) is 11.8. The van der Waals surface area contributed by atoms with Gasteiger partial charge in [-0.25, -0.2) is 9.18 Å². The Morgan fingerprint density at radius 3 is 2.34 bits per heavy atom. The largest absolute Gasteiger partial charge is 0.380 e. The average molecular weight is 559 g/mol. The van der Waals surface area contributed by atoms with Crippen molar-refractivity contribution in [3.63, 3.8) is 0 Å². The van der Waals surface area contributed by atoms with Crippen LogP contribution in [0, 0.1) is 11.7 Å². The lowest BCUT2D eigenvalue weighted by atomic mass is 9.77. The van der Waals surface area contributed by atoms with E-state index < -0.39 is 5.97 Å². The van der Waals surface area contributed by atoms with E-state index in [2.05, 4.69) is 42.7 Å². The summed E-state index contributed by atoms with van der Waals surface area (Å²) < 4.78 is 20.7. The lowest BCUT2D eigenvalue weighted by molar-refractivity contribution is -0.266. The molecule has 3 aromatic rings. The zero-order chi connectivity index (χ0) is 29.0. The summed E-state index contributed by atoms with van der Waals surface area (Å²) in [7, 11) is 1.67. The number of benzene rings is 3. The van der Waals surface area contributed by atoms with Gasteiger partial charge in [-0.3, -0.25) is 4.89 Å². The molecule has 0 bridgehead atoms. The van der Waals surface area contributed by atoms with Crippen molar-refractivity contribution in [1.29, 1.82) is 0 Å². The molecule has 218 valence electrons. The zero-order valence-corrected chi connectivity index (χ0v) is 24.5. The number of methoxy groups -OCH3 is 1. The standard InChI is InChI=1S/C36H43FO4/c1-4-6-7-8-26-9-11-29(12-10-26)32-17-18-34(35(37)24-32)31-15-13-30(14-16-31)33-22-27(21-28(23-33)25-39-3)19-20-40-41-36(38)5-2/h5,13-18,21-24,26,29H,2,4,6-12,19-20,25H2,1,3H3. The van der Waals surface area contributed by atoms with Crippen molar-refractivity contribution in [3.05, 3.63) is 95.8 Å². The number of hydrogen-bond donors (Lipinski definition) is 0. The van der Waals surface area contributed by atoms with Crippen molar-refractivity contribution in [2.24, 2.45) is 5.92 Å². The maximum Gasteiger partial charge on any atom is 0.365 e. The normalized spacial score (nSPS) is 16.9. The summed E-state index contributed by atoms with van der Waals surface area (Å²) in [5.74, 6) is 0.547. The van der Waals surface area contributed by atoms with Gasteiger partial charge >= 0.3 is 5.97 Å². The summed E-state index contributed by atoms with van der Waals surface area (Å²) in [5, 5.41) is 0. The van der Waals surface area contributed by atoms with Gasteiger partial charge < -0.3 is 4.74 Å². The number of carbonyl (C=O) groups is 1. The van der Waals surface area contributed by atoms with E-state index in [9.17, 15) is 4.79 Å². The monoisotopic (exact) mass is 558 g/mol. The van der Waals surface area contributed by atoms with Gasteiger partial charge in [0.1, 0.15) is 5.82 Å². The van der Waals surface area contributed by atoms with E-state index in [-0.39, 0.29) is 12.4 Å². The Hall–Kier alpha value is -3.28. The first kappa shape index (κ1) is 30.7. The van der Waals surface area contributed by atoms with Crippen LogP contribution in [0.15, 0.2) is 73.3 Å². The average Bonchev–Trinajstić information content (AvgIpc) is 3.00. The van der Waals surface area contributed by atoms with Crippen molar-refractivity contribution >= 4 is 5.97 Å². The van der Waals surface area contributed by atoms with E-state index in [1.165, 1.54) is 51.4 Å². The second kappa shape index (κ2) is 15.6. The molecular weight excluding hydrogens is 515 g/mol. The van der Waals surface area contributed by atoms with E-state index in [1.54, 1.807) is 13.2 Å². The van der Waals surface area contributed by atoms with Crippen LogP contribution >= 0.6 is 0 Å². The predicted molar refractivity (Wildman–Crippen MR) is 163 cm³/mol. The molecule has 4 nitrogen and oxygen atoms in total. The topological polar surface area (TPSA) is 44.8 Å². The lowest BCUT2D eigenvalue weighted by Crippen LogP contribution is -2.13. The first-order valence-electron chi connectivity index (χ1n) is 15.0. The summed E-state index contributed by atoms with van der Waals surface area (Å²) >= 11 is 0. The lowest BCUT2D eigenvalue weighted by Gasteiger charge is -2.29. The first-order valence-corrected chi connectivity index (χ1v) is 15.0. The van der Waals surface area contributed by atoms with Crippen molar-refractivity contribution in [2.75, 3.05) is 13.7 Å². The summed E-state index contributed by atoms with van der Waals surface area (Å²) in [6.45, 7) is 6.31. The van der Waals surface area contributed by atoms with Gasteiger partial charge in [-0.1, -0.05) is 87.7 Å². The highest BCUT2D eigenvalue weighted by molar-refractivity contribution is 5.80. The van der Waals surface area contributed by atoms with Crippen LogP contribution in [0.4, 0.5) is 4.39 Å². The minimum Gasteiger partial charge on any atom is -0.380 e. The highest BCUT2D eigenvalue weighted by Crippen LogP contribution is 2.39. The van der Waals surface area contributed by atoms with Gasteiger partial charge in [0.15, 0.2) is 0 Å². The molecule has 0 amide bonds. The van der Waals surface area contributed by atoms with Gasteiger partial charge in [-0.2, -0.15) is 4.89 Å². The fourth-order valence-electron chi connectivity index (χ4n) is 5.95.